The van der Waals surface area contributed by atoms with Crippen LogP contribution in [0.4, 0.5) is 0 Å². The van der Waals surface area contributed by atoms with Crippen molar-refractivity contribution in [1.82, 2.24) is 4.98 Å². The predicted molar refractivity (Wildman–Crippen MR) is 55.4 cm³/mol. The highest BCUT2D eigenvalue weighted by molar-refractivity contribution is 7.09. The third kappa shape index (κ3) is 1.58. The van der Waals surface area contributed by atoms with Gasteiger partial charge in [-0.1, -0.05) is 6.42 Å². The van der Waals surface area contributed by atoms with Crippen molar-refractivity contribution >= 4 is 11.3 Å². The third-order valence-electron chi connectivity index (χ3n) is 2.98. The van der Waals surface area contributed by atoms with Crippen LogP contribution in [0.2, 0.25) is 0 Å². The summed E-state index contributed by atoms with van der Waals surface area (Å²) in [5.41, 5.74) is 1.03. The fourth-order valence-corrected chi connectivity index (χ4v) is 2.73. The van der Waals surface area contributed by atoms with Gasteiger partial charge in [0.15, 0.2) is 0 Å². The van der Waals surface area contributed by atoms with Gasteiger partial charge < -0.3 is 9.84 Å². The molecular formula is C10H15NO2S. The van der Waals surface area contributed by atoms with Crippen LogP contribution >= 0.6 is 11.3 Å². The van der Waals surface area contributed by atoms with E-state index in [9.17, 15) is 5.11 Å². The van der Waals surface area contributed by atoms with Crippen molar-refractivity contribution in [2.75, 3.05) is 13.7 Å². The summed E-state index contributed by atoms with van der Waals surface area (Å²) in [5.74, 6) is 0. The molecule has 14 heavy (non-hydrogen) atoms. The van der Waals surface area contributed by atoms with Gasteiger partial charge in [-0.25, -0.2) is 4.98 Å². The second-order valence-corrected chi connectivity index (χ2v) is 4.79. The van der Waals surface area contributed by atoms with Crippen molar-refractivity contribution in [3.8, 4) is 0 Å². The van der Waals surface area contributed by atoms with E-state index in [0.29, 0.717) is 6.61 Å². The molecule has 1 aliphatic rings. The van der Waals surface area contributed by atoms with Gasteiger partial charge in [-0.05, 0) is 12.8 Å². The van der Waals surface area contributed by atoms with Crippen LogP contribution in [0.1, 0.15) is 30.0 Å². The SMILES string of the molecule is COCc1nc(C2(CO)CCC2)cs1. The highest BCUT2D eigenvalue weighted by Crippen LogP contribution is 2.43. The van der Waals surface area contributed by atoms with Gasteiger partial charge in [0.05, 0.1) is 18.9 Å². The number of hydrogen-bond acceptors (Lipinski definition) is 4. The number of rotatable bonds is 4. The molecule has 1 saturated carbocycles. The fraction of sp³-hybridized carbons (Fsp3) is 0.700. The number of hydrogen-bond donors (Lipinski definition) is 1. The summed E-state index contributed by atoms with van der Waals surface area (Å²) in [5, 5.41) is 12.4. The molecule has 0 spiro atoms. The molecule has 1 heterocycles. The summed E-state index contributed by atoms with van der Waals surface area (Å²) in [7, 11) is 1.67. The minimum absolute atomic E-state index is 0.0253. The highest BCUT2D eigenvalue weighted by atomic mass is 32.1. The molecule has 4 heteroatoms. The van der Waals surface area contributed by atoms with Gasteiger partial charge in [-0.2, -0.15) is 0 Å². The van der Waals surface area contributed by atoms with Crippen LogP contribution in [0.15, 0.2) is 5.38 Å². The lowest BCUT2D eigenvalue weighted by Gasteiger charge is -2.38. The van der Waals surface area contributed by atoms with Gasteiger partial charge in [0, 0.05) is 17.9 Å². The zero-order valence-corrected chi connectivity index (χ0v) is 9.14. The van der Waals surface area contributed by atoms with Gasteiger partial charge in [0.25, 0.3) is 0 Å². The molecule has 2 rings (SSSR count). The van der Waals surface area contributed by atoms with E-state index in [0.717, 1.165) is 23.5 Å². The standard InChI is InChI=1S/C10H15NO2S/c1-13-5-9-11-8(6-14-9)10(7-12)3-2-4-10/h6,12H,2-5,7H2,1H3. The van der Waals surface area contributed by atoms with Gasteiger partial charge in [-0.15, -0.1) is 11.3 Å². The Bertz CT molecular complexity index is 301. The normalized spacial score (nSPS) is 19.3. The molecule has 0 unspecified atom stereocenters. The van der Waals surface area contributed by atoms with E-state index in [-0.39, 0.29) is 12.0 Å². The number of aliphatic hydroxyl groups excluding tert-OH is 1. The number of thiazole rings is 1. The molecule has 0 atom stereocenters. The second-order valence-electron chi connectivity index (χ2n) is 3.85. The third-order valence-corrected chi connectivity index (χ3v) is 3.80. The maximum atomic E-state index is 9.36. The molecule has 0 saturated heterocycles. The monoisotopic (exact) mass is 213 g/mol. The van der Waals surface area contributed by atoms with Gasteiger partial charge in [0.1, 0.15) is 5.01 Å². The van der Waals surface area contributed by atoms with Gasteiger partial charge >= 0.3 is 0 Å². The number of aliphatic hydroxyl groups is 1. The topological polar surface area (TPSA) is 42.4 Å². The smallest absolute Gasteiger partial charge is 0.119 e. The summed E-state index contributed by atoms with van der Waals surface area (Å²) < 4.78 is 5.02. The number of aromatic nitrogens is 1. The summed E-state index contributed by atoms with van der Waals surface area (Å²) >= 11 is 1.62. The van der Waals surface area contributed by atoms with Crippen LogP contribution in [-0.4, -0.2) is 23.8 Å². The molecule has 1 aromatic rings. The Labute approximate surface area is 87.7 Å². The molecule has 1 N–H and O–H groups in total. The molecule has 78 valence electrons. The predicted octanol–water partition coefficient (Wildman–Crippen LogP) is 1.70. The van der Waals surface area contributed by atoms with Gasteiger partial charge in [0.2, 0.25) is 0 Å². The van der Waals surface area contributed by atoms with E-state index < -0.39 is 0 Å². The van der Waals surface area contributed by atoms with E-state index in [1.165, 1.54) is 6.42 Å². The molecule has 0 amide bonds. The van der Waals surface area contributed by atoms with Crippen molar-refractivity contribution < 1.29 is 9.84 Å². The van der Waals surface area contributed by atoms with Crippen molar-refractivity contribution in [3.63, 3.8) is 0 Å². The molecule has 0 bridgehead atoms. The molecule has 0 radical (unpaired) electrons. The summed E-state index contributed by atoms with van der Waals surface area (Å²) in [6, 6.07) is 0. The van der Waals surface area contributed by atoms with Crippen LogP contribution in [0.3, 0.4) is 0 Å². The molecule has 0 aromatic carbocycles. The number of nitrogens with zero attached hydrogens (tertiary/aromatic N) is 1. The fourth-order valence-electron chi connectivity index (χ4n) is 1.84. The summed E-state index contributed by atoms with van der Waals surface area (Å²) in [6.07, 6.45) is 3.34. The van der Waals surface area contributed by atoms with E-state index in [2.05, 4.69) is 10.4 Å². The first-order chi connectivity index (χ1) is 6.80. The summed E-state index contributed by atoms with van der Waals surface area (Å²) in [6.45, 7) is 0.801. The maximum Gasteiger partial charge on any atom is 0.119 e. The van der Waals surface area contributed by atoms with Gasteiger partial charge in [-0.3, -0.25) is 0 Å². The van der Waals surface area contributed by atoms with E-state index in [1.54, 1.807) is 18.4 Å². The molecule has 3 nitrogen and oxygen atoms in total. The van der Waals surface area contributed by atoms with E-state index >= 15 is 0 Å². The number of ether oxygens (including phenoxy) is 1. The molecule has 1 fully saturated rings. The molecule has 0 aliphatic heterocycles. The lowest BCUT2D eigenvalue weighted by atomic mass is 9.67. The molecular weight excluding hydrogens is 198 g/mol. The Kier molecular flexibility index (Phi) is 2.85. The Morgan fingerprint density at radius 3 is 2.93 bits per heavy atom. The zero-order valence-electron chi connectivity index (χ0n) is 8.32. The maximum absolute atomic E-state index is 9.36. The van der Waals surface area contributed by atoms with Crippen LogP contribution in [-0.2, 0) is 16.8 Å². The van der Waals surface area contributed by atoms with Crippen LogP contribution < -0.4 is 0 Å². The minimum Gasteiger partial charge on any atom is -0.395 e. The summed E-state index contributed by atoms with van der Waals surface area (Å²) in [4.78, 5) is 4.50. The lowest BCUT2D eigenvalue weighted by Crippen LogP contribution is -2.38. The molecule has 1 aromatic heterocycles. The lowest BCUT2D eigenvalue weighted by molar-refractivity contribution is 0.116. The van der Waals surface area contributed by atoms with Crippen LogP contribution in [0.5, 0.6) is 0 Å². The Morgan fingerprint density at radius 2 is 2.43 bits per heavy atom. The van der Waals surface area contributed by atoms with Crippen molar-refractivity contribution in [3.05, 3.63) is 16.1 Å². The Hall–Kier alpha value is -0.450. The van der Waals surface area contributed by atoms with Crippen LogP contribution in [0.25, 0.3) is 0 Å². The largest absolute Gasteiger partial charge is 0.395 e. The van der Waals surface area contributed by atoms with E-state index in [4.69, 9.17) is 4.74 Å². The Balaban J connectivity index is 2.15. The molecule has 1 aliphatic carbocycles. The first-order valence-corrected chi connectivity index (χ1v) is 5.73. The van der Waals surface area contributed by atoms with Crippen molar-refractivity contribution in [1.29, 1.82) is 0 Å². The average Bonchev–Trinajstić information content (AvgIpc) is 2.54. The Morgan fingerprint density at radius 1 is 1.64 bits per heavy atom. The van der Waals surface area contributed by atoms with Crippen LogP contribution in [0, 0.1) is 0 Å². The first-order valence-electron chi connectivity index (χ1n) is 4.85. The van der Waals surface area contributed by atoms with Crippen molar-refractivity contribution in [2.24, 2.45) is 0 Å². The minimum atomic E-state index is -0.0253. The highest BCUT2D eigenvalue weighted by Gasteiger charge is 2.40. The zero-order chi connectivity index (χ0) is 10.0. The van der Waals surface area contributed by atoms with Crippen molar-refractivity contribution in [2.45, 2.75) is 31.3 Å². The quantitative estimate of drug-likeness (QED) is 0.827. The first kappa shape index (κ1) is 10.1. The van der Waals surface area contributed by atoms with E-state index in [1.807, 2.05) is 0 Å². The average molecular weight is 213 g/mol. The number of methoxy groups -OCH3 is 1. The second kappa shape index (κ2) is 3.96.